The smallest absolute Gasteiger partial charge is 0.308 e. The molecule has 0 atom stereocenters. The van der Waals surface area contributed by atoms with Crippen molar-refractivity contribution in [2.45, 2.75) is 11.8 Å². The van der Waals surface area contributed by atoms with Gasteiger partial charge in [0, 0.05) is 21.3 Å². The molecule has 0 aliphatic heterocycles. The summed E-state index contributed by atoms with van der Waals surface area (Å²) in [5, 5.41) is 6.23. The molecule has 0 aliphatic carbocycles. The molecule has 0 saturated heterocycles. The number of urea groups is 1. The van der Waals surface area contributed by atoms with Gasteiger partial charge in [0.25, 0.3) is 0 Å². The van der Waals surface area contributed by atoms with Gasteiger partial charge in [0.2, 0.25) is 0 Å². The molecular formula is C15H15ClN2OS. The molecule has 2 aromatic rings. The van der Waals surface area contributed by atoms with Crippen LogP contribution in [-0.4, -0.2) is 12.3 Å². The summed E-state index contributed by atoms with van der Waals surface area (Å²) in [6, 6.07) is 12.8. The number of benzene rings is 2. The SMILES string of the molecule is CSc1cccc(NC(=O)Nc2cccc(Cl)c2C)c1. The van der Waals surface area contributed by atoms with Crippen molar-refractivity contribution in [1.29, 1.82) is 0 Å². The van der Waals surface area contributed by atoms with E-state index in [1.54, 1.807) is 23.9 Å². The van der Waals surface area contributed by atoms with Gasteiger partial charge in [-0.15, -0.1) is 11.8 Å². The predicted octanol–water partition coefficient (Wildman–Crippen LogP) is 5.01. The maximum atomic E-state index is 12.0. The van der Waals surface area contributed by atoms with Gasteiger partial charge in [-0.05, 0) is 49.1 Å². The van der Waals surface area contributed by atoms with E-state index in [9.17, 15) is 4.79 Å². The third-order valence-electron chi connectivity index (χ3n) is 2.84. The van der Waals surface area contributed by atoms with Crippen molar-refractivity contribution in [3.63, 3.8) is 0 Å². The zero-order valence-corrected chi connectivity index (χ0v) is 12.8. The maximum absolute atomic E-state index is 12.0. The third kappa shape index (κ3) is 3.68. The van der Waals surface area contributed by atoms with Crippen LogP contribution < -0.4 is 10.6 Å². The topological polar surface area (TPSA) is 41.1 Å². The summed E-state index contributed by atoms with van der Waals surface area (Å²) in [5.74, 6) is 0. The fourth-order valence-corrected chi connectivity index (χ4v) is 2.36. The van der Waals surface area contributed by atoms with Crippen LogP contribution in [0.15, 0.2) is 47.4 Å². The summed E-state index contributed by atoms with van der Waals surface area (Å²) < 4.78 is 0. The van der Waals surface area contributed by atoms with Gasteiger partial charge in [-0.2, -0.15) is 0 Å². The van der Waals surface area contributed by atoms with Gasteiger partial charge < -0.3 is 10.6 Å². The van der Waals surface area contributed by atoms with Crippen molar-refractivity contribution in [1.82, 2.24) is 0 Å². The number of hydrogen-bond acceptors (Lipinski definition) is 2. The summed E-state index contributed by atoms with van der Waals surface area (Å²) in [5.41, 5.74) is 2.31. The highest BCUT2D eigenvalue weighted by molar-refractivity contribution is 7.98. The van der Waals surface area contributed by atoms with Crippen LogP contribution in [-0.2, 0) is 0 Å². The monoisotopic (exact) mass is 306 g/mol. The molecule has 0 aliphatic rings. The highest BCUT2D eigenvalue weighted by atomic mass is 35.5. The number of halogens is 1. The second-order valence-corrected chi connectivity index (χ2v) is 5.51. The van der Waals surface area contributed by atoms with Gasteiger partial charge in [0.05, 0.1) is 0 Å². The first-order valence-electron chi connectivity index (χ1n) is 6.07. The van der Waals surface area contributed by atoms with E-state index in [4.69, 9.17) is 11.6 Å². The van der Waals surface area contributed by atoms with Crippen LogP contribution in [0.2, 0.25) is 5.02 Å². The van der Waals surface area contributed by atoms with E-state index in [-0.39, 0.29) is 6.03 Å². The van der Waals surface area contributed by atoms with E-state index in [0.29, 0.717) is 10.7 Å². The van der Waals surface area contributed by atoms with Gasteiger partial charge >= 0.3 is 6.03 Å². The Bertz CT molecular complexity index is 631. The molecule has 0 spiro atoms. The quantitative estimate of drug-likeness (QED) is 0.782. The van der Waals surface area contributed by atoms with Crippen LogP contribution in [0.3, 0.4) is 0 Å². The third-order valence-corrected chi connectivity index (χ3v) is 3.98. The normalized spacial score (nSPS) is 10.2. The van der Waals surface area contributed by atoms with Crippen molar-refractivity contribution >= 4 is 40.8 Å². The Morgan fingerprint density at radius 2 is 1.90 bits per heavy atom. The van der Waals surface area contributed by atoms with Crippen molar-refractivity contribution in [3.05, 3.63) is 53.1 Å². The summed E-state index contributed by atoms with van der Waals surface area (Å²) in [6.45, 7) is 1.87. The Hall–Kier alpha value is -1.65. The van der Waals surface area contributed by atoms with Crippen LogP contribution in [0.4, 0.5) is 16.2 Å². The molecule has 3 nitrogen and oxygen atoms in total. The fraction of sp³-hybridized carbons (Fsp3) is 0.133. The lowest BCUT2D eigenvalue weighted by atomic mass is 10.2. The Balaban J connectivity index is 2.07. The lowest BCUT2D eigenvalue weighted by molar-refractivity contribution is 0.262. The molecule has 0 unspecified atom stereocenters. The number of carbonyl (C=O) groups excluding carboxylic acids is 1. The van der Waals surface area contributed by atoms with E-state index in [0.717, 1.165) is 16.1 Å². The molecule has 0 radical (unpaired) electrons. The molecule has 0 fully saturated rings. The first-order chi connectivity index (χ1) is 9.60. The molecule has 104 valence electrons. The highest BCUT2D eigenvalue weighted by Crippen LogP contribution is 2.23. The summed E-state index contributed by atoms with van der Waals surface area (Å²) in [6.07, 6.45) is 1.99. The van der Waals surface area contributed by atoms with E-state index in [1.165, 1.54) is 0 Å². The fourth-order valence-electron chi connectivity index (χ4n) is 1.73. The molecule has 0 saturated carbocycles. The van der Waals surface area contributed by atoms with E-state index < -0.39 is 0 Å². The number of rotatable bonds is 3. The highest BCUT2D eigenvalue weighted by Gasteiger charge is 2.07. The minimum absolute atomic E-state index is 0.284. The summed E-state index contributed by atoms with van der Waals surface area (Å²) in [4.78, 5) is 13.1. The molecule has 2 aromatic carbocycles. The Morgan fingerprint density at radius 1 is 1.15 bits per heavy atom. The van der Waals surface area contributed by atoms with Crippen LogP contribution in [0, 0.1) is 6.92 Å². The van der Waals surface area contributed by atoms with Crippen molar-refractivity contribution < 1.29 is 4.79 Å². The van der Waals surface area contributed by atoms with E-state index in [2.05, 4.69) is 10.6 Å². The Labute approximate surface area is 127 Å². The summed E-state index contributed by atoms with van der Waals surface area (Å²) in [7, 11) is 0. The Kier molecular flexibility index (Phi) is 4.93. The number of carbonyl (C=O) groups is 1. The molecule has 2 rings (SSSR count). The average Bonchev–Trinajstić information content (AvgIpc) is 2.44. The van der Waals surface area contributed by atoms with Crippen molar-refractivity contribution in [3.8, 4) is 0 Å². The minimum Gasteiger partial charge on any atom is -0.308 e. The molecular weight excluding hydrogens is 292 g/mol. The largest absolute Gasteiger partial charge is 0.323 e. The molecule has 2 amide bonds. The second kappa shape index (κ2) is 6.68. The van der Waals surface area contributed by atoms with Gasteiger partial charge in [0.15, 0.2) is 0 Å². The van der Waals surface area contributed by atoms with Crippen molar-refractivity contribution in [2.24, 2.45) is 0 Å². The van der Waals surface area contributed by atoms with Gasteiger partial charge in [-0.25, -0.2) is 4.79 Å². The minimum atomic E-state index is -0.284. The zero-order chi connectivity index (χ0) is 14.5. The number of anilines is 2. The van der Waals surface area contributed by atoms with Crippen LogP contribution in [0.1, 0.15) is 5.56 Å². The first-order valence-corrected chi connectivity index (χ1v) is 7.67. The van der Waals surface area contributed by atoms with Crippen LogP contribution in [0.25, 0.3) is 0 Å². The molecule has 0 bridgehead atoms. The van der Waals surface area contributed by atoms with Gasteiger partial charge in [-0.1, -0.05) is 23.7 Å². The van der Waals surface area contributed by atoms with Crippen LogP contribution in [0.5, 0.6) is 0 Å². The number of nitrogens with one attached hydrogen (secondary N) is 2. The molecule has 2 N–H and O–H groups in total. The Morgan fingerprint density at radius 3 is 2.65 bits per heavy atom. The van der Waals surface area contributed by atoms with Gasteiger partial charge in [-0.3, -0.25) is 0 Å². The van der Waals surface area contributed by atoms with Crippen molar-refractivity contribution in [2.75, 3.05) is 16.9 Å². The van der Waals surface area contributed by atoms with Crippen LogP contribution >= 0.6 is 23.4 Å². The molecule has 5 heteroatoms. The second-order valence-electron chi connectivity index (χ2n) is 4.22. The lowest BCUT2D eigenvalue weighted by Gasteiger charge is -2.11. The molecule has 0 aromatic heterocycles. The first kappa shape index (κ1) is 14.8. The number of thioether (sulfide) groups is 1. The molecule has 20 heavy (non-hydrogen) atoms. The average molecular weight is 307 g/mol. The van der Waals surface area contributed by atoms with E-state index >= 15 is 0 Å². The molecule has 0 heterocycles. The maximum Gasteiger partial charge on any atom is 0.323 e. The summed E-state index contributed by atoms with van der Waals surface area (Å²) >= 11 is 7.65. The number of hydrogen-bond donors (Lipinski definition) is 2. The standard InChI is InChI=1S/C15H15ClN2OS/c1-10-13(16)7-4-8-14(10)18-15(19)17-11-5-3-6-12(9-11)20-2/h3-9H,1-2H3,(H2,17,18,19). The van der Waals surface area contributed by atoms with Gasteiger partial charge in [0.1, 0.15) is 0 Å². The zero-order valence-electron chi connectivity index (χ0n) is 11.2. The lowest BCUT2D eigenvalue weighted by Crippen LogP contribution is -2.20. The predicted molar refractivity (Wildman–Crippen MR) is 87.1 cm³/mol. The number of amides is 2. The van der Waals surface area contributed by atoms with E-state index in [1.807, 2.05) is 43.5 Å².